The summed E-state index contributed by atoms with van der Waals surface area (Å²) in [5, 5.41) is 39.7. The number of aliphatic hydroxyl groups is 4. The first-order valence-corrected chi connectivity index (χ1v) is 6.65. The second-order valence-electron chi connectivity index (χ2n) is 5.29. The van der Waals surface area contributed by atoms with Crippen LogP contribution >= 0.6 is 12.2 Å². The minimum absolute atomic E-state index is 0.288. The number of aliphatic hydroxyl groups excluding tert-OH is 3. The van der Waals surface area contributed by atoms with Crippen molar-refractivity contribution in [3.8, 4) is 0 Å². The van der Waals surface area contributed by atoms with Gasteiger partial charge in [-0.3, -0.25) is 4.57 Å². The largest absolute Gasteiger partial charge is 0.393 e. The molecule has 0 bridgehead atoms. The summed E-state index contributed by atoms with van der Waals surface area (Å²) >= 11 is 5.05. The Morgan fingerprint density at radius 2 is 2.19 bits per heavy atom. The fourth-order valence-corrected chi connectivity index (χ4v) is 3.29. The van der Waals surface area contributed by atoms with E-state index in [1.165, 1.54) is 17.2 Å². The summed E-state index contributed by atoms with van der Waals surface area (Å²) in [6.07, 6.45) is -0.999. The number of nitrogens with zero attached hydrogens (tertiary/aromatic N) is 3. The van der Waals surface area contributed by atoms with Gasteiger partial charge in [-0.05, 0) is 0 Å². The first-order valence-electron chi connectivity index (χ1n) is 6.25. The Hall–Kier alpha value is -1.43. The lowest BCUT2D eigenvalue weighted by Crippen LogP contribution is -2.36. The predicted molar refractivity (Wildman–Crippen MR) is 69.6 cm³/mol. The van der Waals surface area contributed by atoms with Crippen LogP contribution in [0.5, 0.6) is 0 Å². The van der Waals surface area contributed by atoms with E-state index in [9.17, 15) is 20.4 Å². The van der Waals surface area contributed by atoms with Crippen molar-refractivity contribution >= 4 is 23.4 Å². The second kappa shape index (κ2) is 3.85. The van der Waals surface area contributed by atoms with Gasteiger partial charge in [0.1, 0.15) is 23.4 Å². The molecule has 1 aliphatic heterocycles. The van der Waals surface area contributed by atoms with Crippen LogP contribution < -0.4 is 0 Å². The summed E-state index contributed by atoms with van der Waals surface area (Å²) in [6.45, 7) is -0.609. The molecule has 5 N–H and O–H groups in total. The summed E-state index contributed by atoms with van der Waals surface area (Å²) in [5.74, 6) is 0. The molecule has 4 rings (SSSR count). The molecule has 0 spiro atoms. The quantitative estimate of drug-likeness (QED) is 0.410. The van der Waals surface area contributed by atoms with Crippen LogP contribution in [0.4, 0.5) is 0 Å². The minimum Gasteiger partial charge on any atom is -0.393 e. The molecule has 0 aromatic carbocycles. The lowest BCUT2D eigenvalue weighted by molar-refractivity contribution is -0.120. The second-order valence-corrected chi connectivity index (χ2v) is 5.67. The number of aromatic nitrogens is 4. The highest BCUT2D eigenvalue weighted by atomic mass is 32.1. The molecule has 5 atom stereocenters. The molecule has 2 aromatic heterocycles. The highest BCUT2D eigenvalue weighted by molar-refractivity contribution is 7.71. The van der Waals surface area contributed by atoms with Gasteiger partial charge in [0.25, 0.3) is 0 Å². The van der Waals surface area contributed by atoms with E-state index in [0.29, 0.717) is 11.2 Å². The van der Waals surface area contributed by atoms with Crippen molar-refractivity contribution in [2.24, 2.45) is 0 Å². The number of hydrogen-bond donors (Lipinski definition) is 5. The molecule has 9 nitrogen and oxygen atoms in total. The molecule has 21 heavy (non-hydrogen) atoms. The van der Waals surface area contributed by atoms with E-state index >= 15 is 0 Å². The summed E-state index contributed by atoms with van der Waals surface area (Å²) in [6, 6.07) is 0. The van der Waals surface area contributed by atoms with Crippen LogP contribution in [0.15, 0.2) is 12.7 Å². The van der Waals surface area contributed by atoms with Gasteiger partial charge in [0, 0.05) is 0 Å². The first kappa shape index (κ1) is 13.2. The van der Waals surface area contributed by atoms with E-state index in [0.717, 1.165) is 0 Å². The van der Waals surface area contributed by atoms with Crippen molar-refractivity contribution in [2.45, 2.75) is 29.6 Å². The fourth-order valence-electron chi connectivity index (χ4n) is 3.09. The number of fused-ring (bicyclic) bond motifs is 2. The molecule has 10 heteroatoms. The summed E-state index contributed by atoms with van der Waals surface area (Å²) in [5.41, 5.74) is -2.58. The molecule has 0 amide bonds. The summed E-state index contributed by atoms with van der Waals surface area (Å²) in [4.78, 5) is 10.8. The molecule has 3 heterocycles. The highest BCUT2D eigenvalue weighted by Crippen LogP contribution is 2.62. The van der Waals surface area contributed by atoms with Crippen LogP contribution in [0.1, 0.15) is 6.23 Å². The van der Waals surface area contributed by atoms with Gasteiger partial charge in [-0.1, -0.05) is 12.2 Å². The molecule has 1 unspecified atom stereocenters. The monoisotopic (exact) mass is 312 g/mol. The Morgan fingerprint density at radius 1 is 1.43 bits per heavy atom. The lowest BCUT2D eigenvalue weighted by Gasteiger charge is -2.23. The SMILES string of the molecule is OC[C@]12O[C@@H](n3cnc4c(=S)nc[nH]c43)[C@H](O)[C@@]1(O)C2O. The van der Waals surface area contributed by atoms with E-state index in [4.69, 9.17) is 17.0 Å². The van der Waals surface area contributed by atoms with Gasteiger partial charge in [-0.25, -0.2) is 9.97 Å². The Morgan fingerprint density at radius 3 is 2.86 bits per heavy atom. The van der Waals surface area contributed by atoms with Crippen LogP contribution in [0, 0.1) is 4.64 Å². The smallest absolute Gasteiger partial charge is 0.166 e. The topological polar surface area (TPSA) is 137 Å². The average Bonchev–Trinajstić information content (AvgIpc) is 2.82. The van der Waals surface area contributed by atoms with Gasteiger partial charge in [-0.15, -0.1) is 0 Å². The van der Waals surface area contributed by atoms with Gasteiger partial charge in [0.15, 0.2) is 22.1 Å². The summed E-state index contributed by atoms with van der Waals surface area (Å²) < 4.78 is 7.28. The fraction of sp³-hybridized carbons (Fsp3) is 0.545. The number of hydrogen-bond acceptors (Lipinski definition) is 8. The molecule has 112 valence electrons. The Labute approximate surface area is 122 Å². The van der Waals surface area contributed by atoms with Crippen molar-refractivity contribution in [1.82, 2.24) is 19.5 Å². The van der Waals surface area contributed by atoms with Crippen molar-refractivity contribution < 1.29 is 25.2 Å². The number of ether oxygens (including phenoxy) is 1. The van der Waals surface area contributed by atoms with E-state index in [1.54, 1.807) is 0 Å². The normalized spacial score (nSPS) is 41.4. The van der Waals surface area contributed by atoms with Crippen molar-refractivity contribution in [2.75, 3.05) is 6.61 Å². The number of nitrogens with one attached hydrogen (secondary N) is 1. The number of H-pyrrole nitrogens is 1. The minimum atomic E-state index is -1.90. The molecule has 2 fully saturated rings. The molecule has 2 aliphatic rings. The number of imidazole rings is 1. The molecule has 1 aliphatic carbocycles. The Kier molecular flexibility index (Phi) is 2.43. The van der Waals surface area contributed by atoms with Gasteiger partial charge in [-0.2, -0.15) is 0 Å². The van der Waals surface area contributed by atoms with Gasteiger partial charge in [0.2, 0.25) is 0 Å². The maximum absolute atomic E-state index is 10.3. The zero-order valence-electron chi connectivity index (χ0n) is 10.5. The first-order chi connectivity index (χ1) is 9.97. The Balaban J connectivity index is 1.82. The highest BCUT2D eigenvalue weighted by Gasteiger charge is 2.87. The third kappa shape index (κ3) is 1.30. The zero-order chi connectivity index (χ0) is 15.0. The van der Waals surface area contributed by atoms with E-state index in [2.05, 4.69) is 15.0 Å². The molecule has 2 aromatic rings. The van der Waals surface area contributed by atoms with Gasteiger partial charge < -0.3 is 30.1 Å². The van der Waals surface area contributed by atoms with E-state index in [-0.39, 0.29) is 4.64 Å². The Bertz CT molecular complexity index is 788. The maximum Gasteiger partial charge on any atom is 0.166 e. The molecule has 1 saturated heterocycles. The molecule has 1 saturated carbocycles. The van der Waals surface area contributed by atoms with Gasteiger partial charge >= 0.3 is 0 Å². The van der Waals surface area contributed by atoms with Crippen molar-refractivity contribution in [3.63, 3.8) is 0 Å². The van der Waals surface area contributed by atoms with Crippen LogP contribution in [-0.4, -0.2) is 70.0 Å². The van der Waals surface area contributed by atoms with Crippen molar-refractivity contribution in [3.05, 3.63) is 17.3 Å². The van der Waals surface area contributed by atoms with Crippen molar-refractivity contribution in [1.29, 1.82) is 0 Å². The van der Waals surface area contributed by atoms with Crippen LogP contribution in [-0.2, 0) is 4.74 Å². The average molecular weight is 312 g/mol. The predicted octanol–water partition coefficient (Wildman–Crippen LogP) is -1.78. The molecule has 0 radical (unpaired) electrons. The van der Waals surface area contributed by atoms with E-state index < -0.39 is 36.2 Å². The lowest BCUT2D eigenvalue weighted by atomic mass is 10.1. The third-order valence-electron chi connectivity index (χ3n) is 4.39. The zero-order valence-corrected chi connectivity index (χ0v) is 11.4. The van der Waals surface area contributed by atoms with Crippen LogP contribution in [0.2, 0.25) is 0 Å². The molecular formula is C11H12N4O5S. The molecular weight excluding hydrogens is 300 g/mol. The third-order valence-corrected chi connectivity index (χ3v) is 4.69. The van der Waals surface area contributed by atoms with E-state index in [1.807, 2.05) is 0 Å². The summed E-state index contributed by atoms with van der Waals surface area (Å²) in [7, 11) is 0. The standard InChI is InChI=1S/C11H12N4O5S/c16-1-10-9(18)11(10,19)5(17)8(20-10)15-3-14-4-6(15)12-2-13-7(4)21/h2-3,5,8-9,16-19H,1H2,(H,12,13,21)/t5-,8+,9?,10+,11+/m0/s1. The number of aromatic amines is 1. The van der Waals surface area contributed by atoms with Crippen LogP contribution in [0.3, 0.4) is 0 Å². The number of rotatable bonds is 2. The van der Waals surface area contributed by atoms with Crippen LogP contribution in [0.25, 0.3) is 11.2 Å². The maximum atomic E-state index is 10.3. The van der Waals surface area contributed by atoms with Gasteiger partial charge in [0.05, 0.1) is 19.3 Å².